The van der Waals surface area contributed by atoms with Gasteiger partial charge in [-0.2, -0.15) is 0 Å². The van der Waals surface area contributed by atoms with Crippen molar-refractivity contribution in [3.63, 3.8) is 0 Å². The van der Waals surface area contributed by atoms with Crippen LogP contribution in [0.5, 0.6) is 0 Å². The lowest BCUT2D eigenvalue weighted by atomic mass is 10.1. The first-order chi connectivity index (χ1) is 14.1. The van der Waals surface area contributed by atoms with E-state index in [-0.39, 0.29) is 24.0 Å². The highest BCUT2D eigenvalue weighted by Gasteiger charge is 2.24. The number of aliphatic imine (C=N–C) groups is 1. The van der Waals surface area contributed by atoms with Crippen molar-refractivity contribution < 1.29 is 9.47 Å². The molecule has 1 N–H and O–H groups in total. The average Bonchev–Trinajstić information content (AvgIpc) is 3.24. The van der Waals surface area contributed by atoms with Crippen molar-refractivity contribution in [2.45, 2.75) is 58.3 Å². The number of guanidine groups is 1. The Morgan fingerprint density at radius 1 is 1.27 bits per heavy atom. The first-order valence-corrected chi connectivity index (χ1v) is 11.1. The number of nitrogens with one attached hydrogen (secondary N) is 1. The van der Waals surface area contributed by atoms with Gasteiger partial charge < -0.3 is 24.6 Å². The molecule has 1 unspecified atom stereocenters. The molecule has 0 aromatic heterocycles. The minimum atomic E-state index is 0. The fraction of sp³-hybridized carbons (Fsp3) is 0.696. The van der Waals surface area contributed by atoms with Gasteiger partial charge in [0.15, 0.2) is 5.96 Å². The van der Waals surface area contributed by atoms with Crippen LogP contribution in [0.25, 0.3) is 0 Å². The monoisotopic (exact) mass is 530 g/mol. The fourth-order valence-corrected chi connectivity index (χ4v) is 3.97. The Balaban J connectivity index is 0.00000320. The molecular weight excluding hydrogens is 491 g/mol. The molecule has 7 heteroatoms. The highest BCUT2D eigenvalue weighted by molar-refractivity contribution is 14.0. The van der Waals surface area contributed by atoms with Gasteiger partial charge in [-0.25, -0.2) is 4.99 Å². The van der Waals surface area contributed by atoms with Gasteiger partial charge in [0, 0.05) is 46.0 Å². The standard InChI is InChI=1S/C23H38N4O2.HI/c1-5-24-23(25-16-19-8-9-20(26(3)4)15-18(19)2)27-12-10-21(11-13-27)29-17-22-7-6-14-28-22;/h8-9,15,21-22H,5-7,10-14,16-17H2,1-4H3,(H,24,25);1H. The van der Waals surface area contributed by atoms with Crippen molar-refractivity contribution in [2.75, 3.05) is 51.8 Å². The number of piperidine rings is 1. The number of benzene rings is 1. The Morgan fingerprint density at radius 3 is 2.63 bits per heavy atom. The minimum absolute atomic E-state index is 0. The molecule has 1 atom stereocenters. The van der Waals surface area contributed by atoms with Gasteiger partial charge in [-0.1, -0.05) is 6.07 Å². The fourth-order valence-electron chi connectivity index (χ4n) is 3.97. The molecule has 170 valence electrons. The Kier molecular flexibility index (Phi) is 10.7. The summed E-state index contributed by atoms with van der Waals surface area (Å²) in [6.07, 6.45) is 5.08. The zero-order chi connectivity index (χ0) is 20.6. The highest BCUT2D eigenvalue weighted by Crippen LogP contribution is 2.20. The van der Waals surface area contributed by atoms with Gasteiger partial charge in [0.25, 0.3) is 0 Å². The molecule has 0 radical (unpaired) electrons. The van der Waals surface area contributed by atoms with Crippen molar-refractivity contribution in [2.24, 2.45) is 4.99 Å². The van der Waals surface area contributed by atoms with E-state index in [9.17, 15) is 0 Å². The molecule has 2 aliphatic rings. The van der Waals surface area contributed by atoms with Gasteiger partial charge in [-0.3, -0.25) is 0 Å². The Labute approximate surface area is 199 Å². The van der Waals surface area contributed by atoms with Crippen molar-refractivity contribution in [3.8, 4) is 0 Å². The lowest BCUT2D eigenvalue weighted by Gasteiger charge is -2.34. The van der Waals surface area contributed by atoms with E-state index in [0.717, 1.165) is 58.1 Å². The summed E-state index contributed by atoms with van der Waals surface area (Å²) in [5, 5.41) is 3.47. The van der Waals surface area contributed by atoms with E-state index in [1.54, 1.807) is 0 Å². The molecule has 0 spiro atoms. The van der Waals surface area contributed by atoms with Crippen LogP contribution in [0, 0.1) is 6.92 Å². The maximum absolute atomic E-state index is 6.11. The molecule has 2 heterocycles. The van der Waals surface area contributed by atoms with Crippen LogP contribution in [-0.2, 0) is 16.0 Å². The van der Waals surface area contributed by atoms with E-state index >= 15 is 0 Å². The summed E-state index contributed by atoms with van der Waals surface area (Å²) in [5.41, 5.74) is 3.80. The number of halogens is 1. The second kappa shape index (κ2) is 12.7. The molecule has 2 fully saturated rings. The molecule has 0 amide bonds. The number of nitrogens with zero attached hydrogens (tertiary/aromatic N) is 3. The van der Waals surface area contributed by atoms with E-state index in [1.807, 2.05) is 0 Å². The van der Waals surface area contributed by atoms with Crippen molar-refractivity contribution in [3.05, 3.63) is 29.3 Å². The number of hydrogen-bond donors (Lipinski definition) is 1. The summed E-state index contributed by atoms with van der Waals surface area (Å²) >= 11 is 0. The number of likely N-dealkylation sites (tertiary alicyclic amines) is 1. The number of anilines is 1. The number of aryl methyl sites for hydroxylation is 1. The van der Waals surface area contributed by atoms with Crippen LogP contribution in [0.2, 0.25) is 0 Å². The maximum atomic E-state index is 6.11. The number of rotatable bonds is 7. The van der Waals surface area contributed by atoms with E-state index in [2.05, 4.69) is 61.3 Å². The van der Waals surface area contributed by atoms with Gasteiger partial charge >= 0.3 is 0 Å². The third-order valence-corrected chi connectivity index (χ3v) is 5.86. The third-order valence-electron chi connectivity index (χ3n) is 5.86. The molecule has 1 aromatic carbocycles. The molecule has 0 saturated carbocycles. The van der Waals surface area contributed by atoms with Crippen LogP contribution >= 0.6 is 24.0 Å². The van der Waals surface area contributed by atoms with Crippen LogP contribution in [-0.4, -0.2) is 70.0 Å². The van der Waals surface area contributed by atoms with Gasteiger partial charge in [-0.05, 0) is 62.8 Å². The zero-order valence-corrected chi connectivity index (χ0v) is 21.4. The Bertz CT molecular complexity index is 669. The van der Waals surface area contributed by atoms with E-state index < -0.39 is 0 Å². The van der Waals surface area contributed by atoms with Crippen molar-refractivity contribution >= 4 is 35.6 Å². The molecular formula is C23H39IN4O2. The van der Waals surface area contributed by atoms with Gasteiger partial charge in [-0.15, -0.1) is 24.0 Å². The third kappa shape index (κ3) is 7.27. The van der Waals surface area contributed by atoms with Crippen LogP contribution in [0.15, 0.2) is 23.2 Å². The first-order valence-electron chi connectivity index (χ1n) is 11.1. The van der Waals surface area contributed by atoms with Crippen LogP contribution in [0.3, 0.4) is 0 Å². The van der Waals surface area contributed by atoms with Gasteiger partial charge in [0.1, 0.15) is 0 Å². The highest BCUT2D eigenvalue weighted by atomic mass is 127. The smallest absolute Gasteiger partial charge is 0.194 e. The summed E-state index contributed by atoms with van der Waals surface area (Å²) in [5.74, 6) is 1.01. The second-order valence-corrected chi connectivity index (χ2v) is 8.33. The van der Waals surface area contributed by atoms with Crippen LogP contribution < -0.4 is 10.2 Å². The minimum Gasteiger partial charge on any atom is -0.378 e. The number of ether oxygens (including phenoxy) is 2. The molecule has 1 aromatic rings. The molecule has 2 aliphatic heterocycles. The molecule has 2 saturated heterocycles. The summed E-state index contributed by atoms with van der Waals surface area (Å²) in [6.45, 7) is 9.50. The van der Waals surface area contributed by atoms with Crippen molar-refractivity contribution in [1.29, 1.82) is 0 Å². The Hall–Kier alpha value is -1.06. The number of hydrogen-bond acceptors (Lipinski definition) is 4. The predicted molar refractivity (Wildman–Crippen MR) is 135 cm³/mol. The average molecular weight is 530 g/mol. The summed E-state index contributed by atoms with van der Waals surface area (Å²) in [4.78, 5) is 9.44. The zero-order valence-electron chi connectivity index (χ0n) is 19.0. The summed E-state index contributed by atoms with van der Waals surface area (Å²) in [7, 11) is 4.15. The van der Waals surface area contributed by atoms with Gasteiger partial charge in [0.05, 0.1) is 25.4 Å². The molecule has 0 aliphatic carbocycles. The topological polar surface area (TPSA) is 49.3 Å². The first kappa shape index (κ1) is 25.2. The Morgan fingerprint density at radius 2 is 2.03 bits per heavy atom. The van der Waals surface area contributed by atoms with Crippen molar-refractivity contribution in [1.82, 2.24) is 10.2 Å². The summed E-state index contributed by atoms with van der Waals surface area (Å²) in [6, 6.07) is 6.60. The lowest BCUT2D eigenvalue weighted by Crippen LogP contribution is -2.47. The lowest BCUT2D eigenvalue weighted by molar-refractivity contribution is -0.0367. The molecule has 0 bridgehead atoms. The normalized spacial score (nSPS) is 20.2. The predicted octanol–water partition coefficient (Wildman–Crippen LogP) is 3.80. The second-order valence-electron chi connectivity index (χ2n) is 8.33. The molecule has 3 rings (SSSR count). The maximum Gasteiger partial charge on any atom is 0.194 e. The van der Waals surface area contributed by atoms with E-state index in [1.165, 1.54) is 23.2 Å². The van der Waals surface area contributed by atoms with E-state index in [4.69, 9.17) is 14.5 Å². The molecule has 30 heavy (non-hydrogen) atoms. The van der Waals surface area contributed by atoms with Crippen LogP contribution in [0.4, 0.5) is 5.69 Å². The largest absolute Gasteiger partial charge is 0.378 e. The quantitative estimate of drug-likeness (QED) is 0.330. The van der Waals surface area contributed by atoms with E-state index in [0.29, 0.717) is 18.8 Å². The van der Waals surface area contributed by atoms with Crippen LogP contribution in [0.1, 0.15) is 43.7 Å². The SMILES string of the molecule is CCNC(=NCc1ccc(N(C)C)cc1C)N1CCC(OCC2CCCO2)CC1.I. The molecule has 6 nitrogen and oxygen atoms in total. The summed E-state index contributed by atoms with van der Waals surface area (Å²) < 4.78 is 11.8. The van der Waals surface area contributed by atoms with Gasteiger partial charge in [0.2, 0.25) is 0 Å².